The fourth-order valence-electron chi connectivity index (χ4n) is 5.17. The first-order chi connectivity index (χ1) is 17.7. The number of ether oxygens (including phenoxy) is 1. The Labute approximate surface area is 217 Å². The molecule has 202 valence electrons. The lowest BCUT2D eigenvalue weighted by Gasteiger charge is -2.32. The van der Waals surface area contributed by atoms with Crippen molar-refractivity contribution < 1.29 is 28.7 Å². The van der Waals surface area contributed by atoms with E-state index in [1.54, 1.807) is 13.8 Å². The van der Waals surface area contributed by atoms with E-state index >= 15 is 0 Å². The molecule has 1 heterocycles. The van der Waals surface area contributed by atoms with Crippen molar-refractivity contribution in [2.24, 2.45) is 5.92 Å². The van der Waals surface area contributed by atoms with Crippen molar-refractivity contribution in [3.63, 3.8) is 0 Å². The average molecular weight is 515 g/mol. The molecular formula is C27H38N4O6. The van der Waals surface area contributed by atoms with Crippen LogP contribution in [0.2, 0.25) is 0 Å². The Morgan fingerprint density at radius 1 is 1.05 bits per heavy atom. The van der Waals surface area contributed by atoms with Crippen LogP contribution in [0.15, 0.2) is 24.3 Å². The second-order valence-electron chi connectivity index (χ2n) is 10.00. The summed E-state index contributed by atoms with van der Waals surface area (Å²) in [6.45, 7) is 5.68. The van der Waals surface area contributed by atoms with Crippen LogP contribution in [-0.4, -0.2) is 72.3 Å². The van der Waals surface area contributed by atoms with E-state index in [1.807, 2.05) is 31.2 Å². The third-order valence-electron chi connectivity index (χ3n) is 6.94. The minimum atomic E-state index is -0.964. The van der Waals surface area contributed by atoms with Crippen LogP contribution in [0.25, 0.3) is 0 Å². The van der Waals surface area contributed by atoms with Crippen LogP contribution in [-0.2, 0) is 36.8 Å². The molecule has 1 fully saturated rings. The second-order valence-corrected chi connectivity index (χ2v) is 10.00. The third-order valence-corrected chi connectivity index (χ3v) is 6.94. The highest BCUT2D eigenvalue weighted by atomic mass is 16.6. The van der Waals surface area contributed by atoms with Crippen molar-refractivity contribution >= 4 is 29.6 Å². The van der Waals surface area contributed by atoms with Crippen molar-refractivity contribution in [1.29, 1.82) is 0 Å². The summed E-state index contributed by atoms with van der Waals surface area (Å²) in [6.07, 6.45) is 2.16. The van der Waals surface area contributed by atoms with E-state index in [1.165, 1.54) is 11.9 Å². The van der Waals surface area contributed by atoms with Gasteiger partial charge in [-0.15, -0.1) is 0 Å². The normalized spacial score (nSPS) is 18.6. The molecule has 1 aliphatic carbocycles. The Kier molecular flexibility index (Phi) is 9.66. The third kappa shape index (κ3) is 6.87. The number of alkyl carbamates (subject to hydrolysis) is 1. The molecule has 2 aliphatic rings. The molecule has 3 N–H and O–H groups in total. The summed E-state index contributed by atoms with van der Waals surface area (Å²) in [5, 5.41) is 7.77. The summed E-state index contributed by atoms with van der Waals surface area (Å²) in [5.74, 6) is -2.49. The summed E-state index contributed by atoms with van der Waals surface area (Å²) in [5.41, 5.74) is 2.27. The highest BCUT2D eigenvalue weighted by molar-refractivity contribution is 6.38. The van der Waals surface area contributed by atoms with Gasteiger partial charge in [-0.05, 0) is 63.0 Å². The number of likely N-dealkylation sites (N-methyl/N-ethyl adjacent to an activating group) is 1. The number of carbonyl (C=O) groups excluding carboxylic acids is 5. The van der Waals surface area contributed by atoms with Crippen molar-refractivity contribution in [2.75, 3.05) is 13.6 Å². The minimum absolute atomic E-state index is 0.184. The van der Waals surface area contributed by atoms with E-state index < -0.39 is 41.8 Å². The summed E-state index contributed by atoms with van der Waals surface area (Å²) < 4.78 is 5.27. The first kappa shape index (κ1) is 28.1. The summed E-state index contributed by atoms with van der Waals surface area (Å²) >= 11 is 0. The molecule has 1 aromatic carbocycles. The molecule has 10 nitrogen and oxygen atoms in total. The maximum atomic E-state index is 13.9. The predicted molar refractivity (Wildman–Crippen MR) is 137 cm³/mol. The van der Waals surface area contributed by atoms with E-state index in [-0.39, 0.29) is 17.9 Å². The maximum absolute atomic E-state index is 13.9. The molecular weight excluding hydrogens is 476 g/mol. The second kappa shape index (κ2) is 12.7. The van der Waals surface area contributed by atoms with Crippen molar-refractivity contribution in [3.05, 3.63) is 35.4 Å². The SMILES string of the molecule is CCCC(NC(=O)C1CCCN1C(=O)C(NC(=O)OC(C)C)C1Cc2ccccc2C1)C(=O)C(=O)NC. The number of hydrogen-bond donors (Lipinski definition) is 3. The van der Waals surface area contributed by atoms with Gasteiger partial charge in [0.05, 0.1) is 12.1 Å². The fraction of sp³-hybridized carbons (Fsp3) is 0.593. The number of nitrogens with one attached hydrogen (secondary N) is 3. The quantitative estimate of drug-likeness (QED) is 0.405. The van der Waals surface area contributed by atoms with Gasteiger partial charge < -0.3 is 25.6 Å². The molecule has 1 aliphatic heterocycles. The number of amides is 4. The number of carbonyl (C=O) groups is 5. The topological polar surface area (TPSA) is 134 Å². The first-order valence-corrected chi connectivity index (χ1v) is 13.1. The zero-order chi connectivity index (χ0) is 27.1. The van der Waals surface area contributed by atoms with Gasteiger partial charge in [0, 0.05) is 13.6 Å². The zero-order valence-corrected chi connectivity index (χ0v) is 22.0. The Morgan fingerprint density at radius 3 is 2.27 bits per heavy atom. The summed E-state index contributed by atoms with van der Waals surface area (Å²) in [4.78, 5) is 65.5. The molecule has 0 aromatic heterocycles. The van der Waals surface area contributed by atoms with Gasteiger partial charge in [-0.3, -0.25) is 19.2 Å². The van der Waals surface area contributed by atoms with Gasteiger partial charge in [-0.1, -0.05) is 37.6 Å². The molecule has 0 spiro atoms. The smallest absolute Gasteiger partial charge is 0.408 e. The number of ketones is 1. The van der Waals surface area contributed by atoms with Crippen LogP contribution in [0.3, 0.4) is 0 Å². The number of Topliss-reactive ketones (excluding diaryl/α,β-unsaturated/α-hetero) is 1. The number of nitrogens with zero attached hydrogens (tertiary/aromatic N) is 1. The Hall–Kier alpha value is -3.43. The molecule has 1 saturated heterocycles. The minimum Gasteiger partial charge on any atom is -0.447 e. The Morgan fingerprint density at radius 2 is 1.70 bits per heavy atom. The van der Waals surface area contributed by atoms with Gasteiger partial charge in [0.15, 0.2) is 0 Å². The van der Waals surface area contributed by atoms with Crippen molar-refractivity contribution in [2.45, 2.75) is 83.5 Å². The van der Waals surface area contributed by atoms with Crippen LogP contribution in [0.4, 0.5) is 4.79 Å². The predicted octanol–water partition coefficient (Wildman–Crippen LogP) is 1.50. The standard InChI is InChI=1S/C27H38N4O6/c1-5-9-20(23(32)25(34)28-4)29-24(33)21-12-8-13-31(21)26(35)22(30-27(36)37-16(2)3)19-14-17-10-6-7-11-18(17)15-19/h6-7,10-11,16,19-22H,5,8-9,12-15H2,1-4H3,(H,28,34)(H,29,33)(H,30,36). The highest BCUT2D eigenvalue weighted by Crippen LogP contribution is 2.31. The molecule has 0 bridgehead atoms. The van der Waals surface area contributed by atoms with E-state index in [4.69, 9.17) is 4.74 Å². The van der Waals surface area contributed by atoms with E-state index in [0.29, 0.717) is 45.1 Å². The summed E-state index contributed by atoms with van der Waals surface area (Å²) in [7, 11) is 1.36. The van der Waals surface area contributed by atoms with Crippen LogP contribution < -0.4 is 16.0 Å². The number of likely N-dealkylation sites (tertiary alicyclic amines) is 1. The molecule has 1 aromatic rings. The van der Waals surface area contributed by atoms with Crippen LogP contribution in [0, 0.1) is 5.92 Å². The van der Waals surface area contributed by atoms with E-state index in [9.17, 15) is 24.0 Å². The van der Waals surface area contributed by atoms with Crippen molar-refractivity contribution in [1.82, 2.24) is 20.9 Å². The molecule has 37 heavy (non-hydrogen) atoms. The van der Waals surface area contributed by atoms with Crippen LogP contribution in [0.1, 0.15) is 57.6 Å². The van der Waals surface area contributed by atoms with Gasteiger partial charge in [-0.25, -0.2) is 4.79 Å². The number of fused-ring (bicyclic) bond motifs is 1. The fourth-order valence-corrected chi connectivity index (χ4v) is 5.17. The van der Waals surface area contributed by atoms with Crippen LogP contribution in [0.5, 0.6) is 0 Å². The number of hydrogen-bond acceptors (Lipinski definition) is 6. The Balaban J connectivity index is 1.78. The molecule has 4 amide bonds. The van der Waals surface area contributed by atoms with Gasteiger partial charge in [0.1, 0.15) is 12.1 Å². The molecule has 3 unspecified atom stereocenters. The zero-order valence-electron chi connectivity index (χ0n) is 22.0. The lowest BCUT2D eigenvalue weighted by Crippen LogP contribution is -2.58. The van der Waals surface area contributed by atoms with E-state index in [0.717, 1.165) is 11.1 Å². The maximum Gasteiger partial charge on any atom is 0.408 e. The lowest BCUT2D eigenvalue weighted by molar-refractivity contribution is -0.143. The lowest BCUT2D eigenvalue weighted by atomic mass is 9.95. The largest absolute Gasteiger partial charge is 0.447 e. The van der Waals surface area contributed by atoms with Gasteiger partial charge in [0.25, 0.3) is 5.91 Å². The van der Waals surface area contributed by atoms with Crippen molar-refractivity contribution in [3.8, 4) is 0 Å². The van der Waals surface area contributed by atoms with Gasteiger partial charge in [-0.2, -0.15) is 0 Å². The number of benzene rings is 1. The molecule has 3 rings (SSSR count). The molecule has 0 saturated carbocycles. The summed E-state index contributed by atoms with van der Waals surface area (Å²) in [6, 6.07) is 5.32. The Bertz CT molecular complexity index is 1000. The monoisotopic (exact) mass is 514 g/mol. The van der Waals surface area contributed by atoms with Crippen LogP contribution >= 0.6 is 0 Å². The molecule has 3 atom stereocenters. The average Bonchev–Trinajstić information content (AvgIpc) is 3.52. The first-order valence-electron chi connectivity index (χ1n) is 13.1. The van der Waals surface area contributed by atoms with E-state index in [2.05, 4.69) is 16.0 Å². The van der Waals surface area contributed by atoms with Gasteiger partial charge in [0.2, 0.25) is 17.6 Å². The number of rotatable bonds is 10. The highest BCUT2D eigenvalue weighted by Gasteiger charge is 2.43. The van der Waals surface area contributed by atoms with Gasteiger partial charge >= 0.3 is 6.09 Å². The molecule has 0 radical (unpaired) electrons. The molecule has 10 heteroatoms.